The Hall–Kier alpha value is -1.63. The van der Waals surface area contributed by atoms with Crippen molar-refractivity contribution in [2.75, 3.05) is 45.9 Å². The number of ether oxygens (including phenoxy) is 1. The minimum Gasteiger partial charge on any atom is -0.376 e. The number of amides is 3. The van der Waals surface area contributed by atoms with E-state index < -0.39 is 0 Å². The van der Waals surface area contributed by atoms with E-state index in [0.29, 0.717) is 13.1 Å². The number of likely N-dealkylation sites (tertiary alicyclic amines) is 2. The van der Waals surface area contributed by atoms with Gasteiger partial charge in [0.05, 0.1) is 18.6 Å². The third-order valence-electron chi connectivity index (χ3n) is 6.66. The fourth-order valence-corrected chi connectivity index (χ4v) is 4.62. The first-order valence-electron chi connectivity index (χ1n) is 11.5. The normalized spacial score (nSPS) is 25.9. The first kappa shape index (κ1) is 22.1. The third-order valence-corrected chi connectivity index (χ3v) is 6.66. The molecular formula is C22H37N3O4. The van der Waals surface area contributed by atoms with Gasteiger partial charge < -0.3 is 19.4 Å². The van der Waals surface area contributed by atoms with Crippen molar-refractivity contribution in [2.24, 2.45) is 11.8 Å². The van der Waals surface area contributed by atoms with Gasteiger partial charge in [-0.05, 0) is 44.9 Å². The Labute approximate surface area is 174 Å². The molecule has 0 aromatic rings. The van der Waals surface area contributed by atoms with Crippen LogP contribution in [-0.2, 0) is 19.1 Å². The second-order valence-electron chi connectivity index (χ2n) is 8.87. The van der Waals surface area contributed by atoms with Crippen LogP contribution in [0, 0.1) is 11.8 Å². The van der Waals surface area contributed by atoms with E-state index >= 15 is 0 Å². The van der Waals surface area contributed by atoms with E-state index in [1.807, 2.05) is 23.6 Å². The van der Waals surface area contributed by atoms with Crippen LogP contribution in [0.25, 0.3) is 0 Å². The highest BCUT2D eigenvalue weighted by atomic mass is 16.5. The van der Waals surface area contributed by atoms with Crippen LogP contribution in [0.4, 0.5) is 0 Å². The summed E-state index contributed by atoms with van der Waals surface area (Å²) in [5.74, 6) is -0.0381. The smallest absolute Gasteiger partial charge is 0.242 e. The summed E-state index contributed by atoms with van der Waals surface area (Å²) in [6, 6.07) is 0. The quantitative estimate of drug-likeness (QED) is 0.646. The van der Waals surface area contributed by atoms with Crippen molar-refractivity contribution in [3.8, 4) is 0 Å². The highest BCUT2D eigenvalue weighted by Crippen LogP contribution is 2.23. The highest BCUT2D eigenvalue weighted by Gasteiger charge is 2.35. The lowest BCUT2D eigenvalue weighted by Gasteiger charge is -2.36. The van der Waals surface area contributed by atoms with Gasteiger partial charge in [-0.15, -0.1) is 0 Å². The highest BCUT2D eigenvalue weighted by molar-refractivity contribution is 5.87. The fraction of sp³-hybridized carbons (Fsp3) is 0.864. The van der Waals surface area contributed by atoms with Gasteiger partial charge in [0.1, 0.15) is 0 Å². The van der Waals surface area contributed by atoms with E-state index in [1.165, 1.54) is 0 Å². The van der Waals surface area contributed by atoms with Crippen LogP contribution >= 0.6 is 0 Å². The Morgan fingerprint density at radius 1 is 1.03 bits per heavy atom. The molecule has 0 aliphatic carbocycles. The van der Waals surface area contributed by atoms with Crippen molar-refractivity contribution in [3.05, 3.63) is 0 Å². The number of carbonyl (C=O) groups excluding carboxylic acids is 3. The maximum Gasteiger partial charge on any atom is 0.242 e. The molecule has 3 unspecified atom stereocenters. The van der Waals surface area contributed by atoms with Gasteiger partial charge in [0, 0.05) is 45.2 Å². The van der Waals surface area contributed by atoms with Crippen molar-refractivity contribution >= 4 is 17.7 Å². The monoisotopic (exact) mass is 407 g/mol. The Balaban J connectivity index is 1.65. The summed E-state index contributed by atoms with van der Waals surface area (Å²) in [5, 5.41) is 0. The Bertz CT molecular complexity index is 585. The SMILES string of the molecule is CCC(C)C(=O)N1CCCC(C(=O)N(CC(=O)N2CCCC2)CC2CCCO2)C1. The fourth-order valence-electron chi connectivity index (χ4n) is 4.62. The van der Waals surface area contributed by atoms with Crippen LogP contribution in [0.1, 0.15) is 58.8 Å². The second-order valence-corrected chi connectivity index (χ2v) is 8.87. The molecule has 3 aliphatic rings. The van der Waals surface area contributed by atoms with Crippen LogP contribution in [0.2, 0.25) is 0 Å². The predicted molar refractivity (Wildman–Crippen MR) is 110 cm³/mol. The van der Waals surface area contributed by atoms with Crippen molar-refractivity contribution in [1.82, 2.24) is 14.7 Å². The molecule has 3 heterocycles. The van der Waals surface area contributed by atoms with E-state index in [9.17, 15) is 14.4 Å². The molecule has 3 aliphatic heterocycles. The number of hydrogen-bond donors (Lipinski definition) is 0. The average Bonchev–Trinajstić information content (AvgIpc) is 3.46. The maximum absolute atomic E-state index is 13.4. The maximum atomic E-state index is 13.4. The van der Waals surface area contributed by atoms with Gasteiger partial charge in [-0.3, -0.25) is 14.4 Å². The van der Waals surface area contributed by atoms with Gasteiger partial charge in [0.25, 0.3) is 0 Å². The molecular weight excluding hydrogens is 370 g/mol. The molecule has 7 nitrogen and oxygen atoms in total. The van der Waals surface area contributed by atoms with E-state index in [2.05, 4.69) is 0 Å². The van der Waals surface area contributed by atoms with Crippen molar-refractivity contribution in [1.29, 1.82) is 0 Å². The van der Waals surface area contributed by atoms with Crippen LogP contribution in [0.5, 0.6) is 0 Å². The van der Waals surface area contributed by atoms with Crippen molar-refractivity contribution < 1.29 is 19.1 Å². The molecule has 0 bridgehead atoms. The molecule has 3 amide bonds. The summed E-state index contributed by atoms with van der Waals surface area (Å²) in [7, 11) is 0. The molecule has 164 valence electrons. The van der Waals surface area contributed by atoms with Crippen molar-refractivity contribution in [3.63, 3.8) is 0 Å². The molecule has 0 aromatic carbocycles. The Morgan fingerprint density at radius 2 is 1.76 bits per heavy atom. The second kappa shape index (κ2) is 10.4. The molecule has 7 heteroatoms. The standard InChI is InChI=1S/C22H37N3O4/c1-3-17(2)21(27)24-12-6-8-18(14-24)22(28)25(15-19-9-7-13-29-19)16-20(26)23-10-4-5-11-23/h17-19H,3-16H2,1-2H3. The number of piperidine rings is 1. The van der Waals surface area contributed by atoms with Gasteiger partial charge in [0.15, 0.2) is 0 Å². The number of hydrogen-bond acceptors (Lipinski definition) is 4. The van der Waals surface area contributed by atoms with E-state index in [0.717, 1.165) is 71.2 Å². The van der Waals surface area contributed by atoms with E-state index in [1.54, 1.807) is 4.90 Å². The molecule has 3 atom stereocenters. The third kappa shape index (κ3) is 5.71. The lowest BCUT2D eigenvalue weighted by atomic mass is 9.94. The molecule has 3 fully saturated rings. The zero-order valence-corrected chi connectivity index (χ0v) is 18.1. The van der Waals surface area contributed by atoms with Crippen LogP contribution in [0.3, 0.4) is 0 Å². The number of rotatable bonds is 7. The summed E-state index contributed by atoms with van der Waals surface area (Å²) in [5.41, 5.74) is 0. The Morgan fingerprint density at radius 3 is 2.41 bits per heavy atom. The lowest BCUT2D eigenvalue weighted by Crippen LogP contribution is -2.51. The van der Waals surface area contributed by atoms with Crippen LogP contribution in [-0.4, -0.2) is 84.4 Å². The molecule has 0 aromatic heterocycles. The summed E-state index contributed by atoms with van der Waals surface area (Å²) in [4.78, 5) is 44.2. The number of carbonyl (C=O) groups is 3. The molecule has 0 N–H and O–H groups in total. The lowest BCUT2D eigenvalue weighted by molar-refractivity contribution is -0.147. The van der Waals surface area contributed by atoms with Crippen molar-refractivity contribution in [2.45, 2.75) is 64.9 Å². The summed E-state index contributed by atoms with van der Waals surface area (Å²) >= 11 is 0. The summed E-state index contributed by atoms with van der Waals surface area (Å²) in [6.45, 7) is 8.10. The molecule has 0 radical (unpaired) electrons. The predicted octanol–water partition coefficient (Wildman–Crippen LogP) is 1.90. The zero-order chi connectivity index (χ0) is 20.8. The van der Waals surface area contributed by atoms with Gasteiger partial charge in [-0.2, -0.15) is 0 Å². The summed E-state index contributed by atoms with van der Waals surface area (Å²) in [6.07, 6.45) is 6.48. The largest absolute Gasteiger partial charge is 0.376 e. The Kier molecular flexibility index (Phi) is 7.92. The van der Waals surface area contributed by atoms with E-state index in [-0.39, 0.29) is 42.2 Å². The first-order chi connectivity index (χ1) is 14.0. The minimum absolute atomic E-state index is 0.00898. The first-order valence-corrected chi connectivity index (χ1v) is 11.5. The zero-order valence-electron chi connectivity index (χ0n) is 18.1. The number of nitrogens with zero attached hydrogens (tertiary/aromatic N) is 3. The van der Waals surface area contributed by atoms with Crippen LogP contribution < -0.4 is 0 Å². The molecule has 29 heavy (non-hydrogen) atoms. The topological polar surface area (TPSA) is 70.2 Å². The van der Waals surface area contributed by atoms with Gasteiger partial charge in [0.2, 0.25) is 17.7 Å². The van der Waals surface area contributed by atoms with Gasteiger partial charge >= 0.3 is 0 Å². The molecule has 3 saturated heterocycles. The molecule has 3 rings (SSSR count). The van der Waals surface area contributed by atoms with Crippen LogP contribution in [0.15, 0.2) is 0 Å². The molecule has 0 spiro atoms. The minimum atomic E-state index is -0.218. The van der Waals surface area contributed by atoms with E-state index in [4.69, 9.17) is 4.74 Å². The average molecular weight is 408 g/mol. The summed E-state index contributed by atoms with van der Waals surface area (Å²) < 4.78 is 5.75. The van der Waals surface area contributed by atoms with Gasteiger partial charge in [-0.1, -0.05) is 13.8 Å². The van der Waals surface area contributed by atoms with Gasteiger partial charge in [-0.25, -0.2) is 0 Å². The molecule has 0 saturated carbocycles.